The third-order valence-electron chi connectivity index (χ3n) is 2.26. The van der Waals surface area contributed by atoms with Gasteiger partial charge in [-0.15, -0.1) is 6.58 Å². The summed E-state index contributed by atoms with van der Waals surface area (Å²) in [4.78, 5) is 0. The van der Waals surface area contributed by atoms with Crippen LogP contribution in [0.1, 0.15) is 22.7 Å². The number of aryl methyl sites for hydroxylation is 1. The molecule has 1 nitrogen and oxygen atoms in total. The Kier molecular flexibility index (Phi) is 2.66. The average molecular weight is 161 g/mol. The van der Waals surface area contributed by atoms with Gasteiger partial charge in [0, 0.05) is 6.04 Å². The molecule has 0 amide bonds. The Labute approximate surface area is 73.9 Å². The fourth-order valence-corrected chi connectivity index (χ4v) is 1.26. The Bertz CT molecular complexity index is 289. The SMILES string of the molecule is C=C[C@H](N)c1cccc(C)c1C. The van der Waals surface area contributed by atoms with Crippen molar-refractivity contribution >= 4 is 0 Å². The van der Waals surface area contributed by atoms with Crippen molar-refractivity contribution in [1.82, 2.24) is 0 Å². The van der Waals surface area contributed by atoms with Gasteiger partial charge in [-0.1, -0.05) is 24.3 Å². The van der Waals surface area contributed by atoms with Crippen LogP contribution < -0.4 is 5.73 Å². The van der Waals surface area contributed by atoms with Crippen molar-refractivity contribution in [1.29, 1.82) is 0 Å². The van der Waals surface area contributed by atoms with E-state index >= 15 is 0 Å². The summed E-state index contributed by atoms with van der Waals surface area (Å²) in [5, 5.41) is 0. The molecule has 1 atom stereocenters. The van der Waals surface area contributed by atoms with Crippen LogP contribution in [0.15, 0.2) is 30.9 Å². The zero-order valence-electron chi connectivity index (χ0n) is 7.67. The summed E-state index contributed by atoms with van der Waals surface area (Å²) in [6.07, 6.45) is 1.77. The standard InChI is InChI=1S/C11H15N/c1-4-11(12)10-7-5-6-8(2)9(10)3/h4-7,11H,1,12H2,2-3H3/t11-/m0/s1. The molecule has 12 heavy (non-hydrogen) atoms. The Morgan fingerprint density at radius 2 is 2.08 bits per heavy atom. The molecule has 0 aliphatic heterocycles. The lowest BCUT2D eigenvalue weighted by molar-refractivity contribution is 0.899. The lowest BCUT2D eigenvalue weighted by Crippen LogP contribution is -2.08. The number of hydrogen-bond donors (Lipinski definition) is 1. The molecule has 0 fully saturated rings. The summed E-state index contributed by atoms with van der Waals surface area (Å²) in [6.45, 7) is 7.87. The summed E-state index contributed by atoms with van der Waals surface area (Å²) in [7, 11) is 0. The van der Waals surface area contributed by atoms with E-state index in [-0.39, 0.29) is 6.04 Å². The molecule has 1 heteroatoms. The van der Waals surface area contributed by atoms with Crippen LogP contribution in [-0.4, -0.2) is 0 Å². The molecule has 0 aromatic heterocycles. The smallest absolute Gasteiger partial charge is 0.0481 e. The molecule has 1 rings (SSSR count). The fraction of sp³-hybridized carbons (Fsp3) is 0.273. The third-order valence-corrected chi connectivity index (χ3v) is 2.26. The second kappa shape index (κ2) is 3.55. The molecule has 0 saturated heterocycles. The van der Waals surface area contributed by atoms with E-state index in [9.17, 15) is 0 Å². The van der Waals surface area contributed by atoms with Crippen LogP contribution >= 0.6 is 0 Å². The summed E-state index contributed by atoms with van der Waals surface area (Å²) in [5.41, 5.74) is 9.57. The van der Waals surface area contributed by atoms with E-state index in [4.69, 9.17) is 5.73 Å². The summed E-state index contributed by atoms with van der Waals surface area (Å²) in [6, 6.07) is 6.13. The van der Waals surface area contributed by atoms with Gasteiger partial charge in [-0.05, 0) is 30.5 Å². The predicted octanol–water partition coefficient (Wildman–Crippen LogP) is 2.49. The molecule has 0 spiro atoms. The first-order valence-electron chi connectivity index (χ1n) is 4.11. The van der Waals surface area contributed by atoms with E-state index in [1.54, 1.807) is 6.08 Å². The minimum absolute atomic E-state index is 0.0371. The molecule has 0 bridgehead atoms. The van der Waals surface area contributed by atoms with Crippen molar-refractivity contribution in [3.05, 3.63) is 47.5 Å². The van der Waals surface area contributed by atoms with Gasteiger partial charge in [0.15, 0.2) is 0 Å². The summed E-state index contributed by atoms with van der Waals surface area (Å²) in [5.74, 6) is 0. The maximum atomic E-state index is 5.85. The van der Waals surface area contributed by atoms with Gasteiger partial charge in [0.2, 0.25) is 0 Å². The van der Waals surface area contributed by atoms with Crippen LogP contribution in [0.25, 0.3) is 0 Å². The maximum absolute atomic E-state index is 5.85. The number of rotatable bonds is 2. The van der Waals surface area contributed by atoms with Crippen molar-refractivity contribution in [3.8, 4) is 0 Å². The van der Waals surface area contributed by atoms with Crippen LogP contribution in [0.3, 0.4) is 0 Å². The van der Waals surface area contributed by atoms with Crippen molar-refractivity contribution in [2.24, 2.45) is 5.73 Å². The second-order valence-corrected chi connectivity index (χ2v) is 3.05. The van der Waals surface area contributed by atoms with Gasteiger partial charge in [0.05, 0.1) is 0 Å². The molecule has 1 aromatic carbocycles. The quantitative estimate of drug-likeness (QED) is 0.662. The van der Waals surface area contributed by atoms with Crippen LogP contribution in [0, 0.1) is 13.8 Å². The Morgan fingerprint density at radius 1 is 1.42 bits per heavy atom. The van der Waals surface area contributed by atoms with Gasteiger partial charge >= 0.3 is 0 Å². The van der Waals surface area contributed by atoms with Gasteiger partial charge in [0.25, 0.3) is 0 Å². The lowest BCUT2D eigenvalue weighted by atomic mass is 9.98. The molecule has 2 N–H and O–H groups in total. The number of benzene rings is 1. The lowest BCUT2D eigenvalue weighted by Gasteiger charge is -2.11. The van der Waals surface area contributed by atoms with Crippen LogP contribution in [-0.2, 0) is 0 Å². The van der Waals surface area contributed by atoms with E-state index in [1.165, 1.54) is 16.7 Å². The van der Waals surface area contributed by atoms with Gasteiger partial charge in [-0.3, -0.25) is 0 Å². The monoisotopic (exact) mass is 161 g/mol. The van der Waals surface area contributed by atoms with Crippen LogP contribution in [0.2, 0.25) is 0 Å². The molecule has 0 heterocycles. The molecule has 64 valence electrons. The Morgan fingerprint density at radius 3 is 2.67 bits per heavy atom. The van der Waals surface area contributed by atoms with E-state index in [2.05, 4.69) is 32.6 Å². The van der Waals surface area contributed by atoms with E-state index in [0.717, 1.165) is 0 Å². The van der Waals surface area contributed by atoms with E-state index in [1.807, 2.05) is 6.07 Å². The zero-order chi connectivity index (χ0) is 9.14. The topological polar surface area (TPSA) is 26.0 Å². The van der Waals surface area contributed by atoms with E-state index < -0.39 is 0 Å². The highest BCUT2D eigenvalue weighted by atomic mass is 14.6. The molecule has 1 aromatic rings. The second-order valence-electron chi connectivity index (χ2n) is 3.05. The number of nitrogens with two attached hydrogens (primary N) is 1. The van der Waals surface area contributed by atoms with Gasteiger partial charge in [0.1, 0.15) is 0 Å². The molecule has 0 saturated carbocycles. The Hall–Kier alpha value is -1.08. The van der Waals surface area contributed by atoms with Crippen LogP contribution in [0.5, 0.6) is 0 Å². The normalized spacial score (nSPS) is 12.6. The molecule has 0 radical (unpaired) electrons. The zero-order valence-corrected chi connectivity index (χ0v) is 7.67. The van der Waals surface area contributed by atoms with Gasteiger partial charge < -0.3 is 5.73 Å². The van der Waals surface area contributed by atoms with Crippen molar-refractivity contribution in [3.63, 3.8) is 0 Å². The molecule has 0 aliphatic rings. The molecular weight excluding hydrogens is 146 g/mol. The molecule has 0 unspecified atom stereocenters. The fourth-order valence-electron chi connectivity index (χ4n) is 1.26. The summed E-state index contributed by atoms with van der Waals surface area (Å²) < 4.78 is 0. The van der Waals surface area contributed by atoms with Gasteiger partial charge in [-0.2, -0.15) is 0 Å². The van der Waals surface area contributed by atoms with E-state index in [0.29, 0.717) is 0 Å². The molecular formula is C11H15N. The largest absolute Gasteiger partial charge is 0.321 e. The summed E-state index contributed by atoms with van der Waals surface area (Å²) >= 11 is 0. The highest BCUT2D eigenvalue weighted by Crippen LogP contribution is 2.18. The predicted molar refractivity (Wildman–Crippen MR) is 53.0 cm³/mol. The van der Waals surface area contributed by atoms with Crippen molar-refractivity contribution < 1.29 is 0 Å². The Balaban J connectivity index is 3.15. The highest BCUT2D eigenvalue weighted by molar-refractivity contribution is 5.36. The molecule has 0 aliphatic carbocycles. The minimum atomic E-state index is -0.0371. The van der Waals surface area contributed by atoms with Crippen molar-refractivity contribution in [2.75, 3.05) is 0 Å². The average Bonchev–Trinajstić information content (AvgIpc) is 2.08. The highest BCUT2D eigenvalue weighted by Gasteiger charge is 2.05. The van der Waals surface area contributed by atoms with Crippen molar-refractivity contribution in [2.45, 2.75) is 19.9 Å². The van der Waals surface area contributed by atoms with Gasteiger partial charge in [-0.25, -0.2) is 0 Å². The first-order valence-corrected chi connectivity index (χ1v) is 4.11. The first kappa shape index (κ1) is 9.01. The van der Waals surface area contributed by atoms with Crippen LogP contribution in [0.4, 0.5) is 0 Å². The maximum Gasteiger partial charge on any atom is 0.0481 e. The minimum Gasteiger partial charge on any atom is -0.321 e. The number of hydrogen-bond acceptors (Lipinski definition) is 1. The third kappa shape index (κ3) is 1.56. The first-order chi connectivity index (χ1) is 5.66.